The fourth-order valence-electron chi connectivity index (χ4n) is 2.42. The highest BCUT2D eigenvalue weighted by molar-refractivity contribution is 7.91. The van der Waals surface area contributed by atoms with Crippen molar-refractivity contribution in [3.8, 4) is 0 Å². The number of aryl methyl sites for hydroxylation is 1. The second-order valence-corrected chi connectivity index (χ2v) is 8.82. The number of hydrogen-bond acceptors (Lipinski definition) is 6. The van der Waals surface area contributed by atoms with Crippen molar-refractivity contribution >= 4 is 44.1 Å². The topological polar surface area (TPSA) is 118 Å². The molecule has 0 fully saturated rings. The van der Waals surface area contributed by atoms with E-state index in [2.05, 4.69) is 15.6 Å². The second kappa shape index (κ2) is 7.51. The van der Waals surface area contributed by atoms with Gasteiger partial charge < -0.3 is 9.73 Å². The van der Waals surface area contributed by atoms with Gasteiger partial charge in [0.15, 0.2) is 5.76 Å². The van der Waals surface area contributed by atoms with Crippen molar-refractivity contribution in [1.82, 2.24) is 15.6 Å². The summed E-state index contributed by atoms with van der Waals surface area (Å²) in [5.41, 5.74) is 3.33. The molecule has 0 radical (unpaired) electrons. The van der Waals surface area contributed by atoms with Gasteiger partial charge in [0.25, 0.3) is 10.0 Å². The standard InChI is InChI=1S/C17H17N3O5S2/c1-10-13-5-3-4-6-14(13)25-16(10)17(22)19-20-27(23,24)15-8-7-12(26-15)9-18-11(2)21/h3-8,20H,9H2,1-2H3,(H,18,21)(H,19,22). The molecule has 0 atom stereocenters. The third-order valence-corrected chi connectivity index (χ3v) is 6.59. The van der Waals surface area contributed by atoms with Gasteiger partial charge in [0.1, 0.15) is 9.79 Å². The highest BCUT2D eigenvalue weighted by atomic mass is 32.2. The summed E-state index contributed by atoms with van der Waals surface area (Å²) in [5, 5.41) is 3.38. The van der Waals surface area contributed by atoms with Crippen LogP contribution in [0.5, 0.6) is 0 Å². The third-order valence-electron chi connectivity index (χ3n) is 3.76. The summed E-state index contributed by atoms with van der Waals surface area (Å²) in [6, 6.07) is 10.2. The molecule has 0 aliphatic carbocycles. The van der Waals surface area contributed by atoms with E-state index in [1.54, 1.807) is 25.1 Å². The molecule has 1 aromatic carbocycles. The Morgan fingerprint density at radius 2 is 1.89 bits per heavy atom. The molecule has 0 aliphatic rings. The number of fused-ring (bicyclic) bond motifs is 1. The molecule has 0 saturated heterocycles. The van der Waals surface area contributed by atoms with Gasteiger partial charge in [-0.3, -0.25) is 15.0 Å². The number of sulfonamides is 1. The highest BCUT2D eigenvalue weighted by Gasteiger charge is 2.21. The molecule has 3 aromatic rings. The van der Waals surface area contributed by atoms with Crippen LogP contribution >= 0.6 is 11.3 Å². The number of carbonyl (C=O) groups is 2. The normalized spacial score (nSPS) is 11.5. The number of amides is 2. The first-order chi connectivity index (χ1) is 12.8. The molecule has 3 rings (SSSR count). The van der Waals surface area contributed by atoms with Gasteiger partial charge in [0, 0.05) is 22.8 Å². The maximum atomic E-state index is 12.3. The zero-order valence-corrected chi connectivity index (χ0v) is 16.2. The van der Waals surface area contributed by atoms with Crippen LogP contribution in [0.1, 0.15) is 27.9 Å². The van der Waals surface area contributed by atoms with E-state index in [4.69, 9.17) is 4.42 Å². The molecule has 0 aliphatic heterocycles. The molecule has 2 aromatic heterocycles. The molecule has 3 N–H and O–H groups in total. The van der Waals surface area contributed by atoms with Crippen LogP contribution in [0.2, 0.25) is 0 Å². The lowest BCUT2D eigenvalue weighted by molar-refractivity contribution is -0.119. The molecule has 2 heterocycles. The van der Waals surface area contributed by atoms with E-state index < -0.39 is 15.9 Å². The van der Waals surface area contributed by atoms with E-state index >= 15 is 0 Å². The Morgan fingerprint density at radius 3 is 2.59 bits per heavy atom. The monoisotopic (exact) mass is 407 g/mol. The van der Waals surface area contributed by atoms with Crippen LogP contribution in [0, 0.1) is 6.92 Å². The van der Waals surface area contributed by atoms with Gasteiger partial charge in [-0.15, -0.1) is 16.2 Å². The Bertz CT molecular complexity index is 1110. The number of hydrogen-bond donors (Lipinski definition) is 3. The van der Waals surface area contributed by atoms with Gasteiger partial charge in [-0.2, -0.15) is 0 Å². The van der Waals surface area contributed by atoms with Crippen molar-refractivity contribution in [2.24, 2.45) is 0 Å². The van der Waals surface area contributed by atoms with Gasteiger partial charge in [-0.05, 0) is 25.1 Å². The predicted molar refractivity (Wildman–Crippen MR) is 101 cm³/mol. The number of rotatable bonds is 6. The lowest BCUT2D eigenvalue weighted by Gasteiger charge is -2.06. The number of hydrazine groups is 1. The first-order valence-corrected chi connectivity index (χ1v) is 10.2. The predicted octanol–water partition coefficient (Wildman–Crippen LogP) is 2.06. The number of nitrogens with one attached hydrogen (secondary N) is 3. The van der Waals surface area contributed by atoms with Crippen LogP contribution in [0.15, 0.2) is 45.0 Å². The summed E-state index contributed by atoms with van der Waals surface area (Å²) in [7, 11) is -3.94. The molecule has 0 unspecified atom stereocenters. The van der Waals surface area contributed by atoms with E-state index in [1.165, 1.54) is 13.0 Å². The zero-order valence-electron chi connectivity index (χ0n) is 14.5. The average molecular weight is 407 g/mol. The van der Waals surface area contributed by atoms with Gasteiger partial charge >= 0.3 is 5.91 Å². The van der Waals surface area contributed by atoms with E-state index in [1.807, 2.05) is 12.1 Å². The van der Waals surface area contributed by atoms with Crippen molar-refractivity contribution in [2.75, 3.05) is 0 Å². The van der Waals surface area contributed by atoms with Crippen LogP contribution in [0.4, 0.5) is 0 Å². The lowest BCUT2D eigenvalue weighted by Crippen LogP contribution is -2.41. The summed E-state index contributed by atoms with van der Waals surface area (Å²) >= 11 is 0.996. The molecule has 0 saturated carbocycles. The molecule has 10 heteroatoms. The molecule has 0 spiro atoms. The van der Waals surface area contributed by atoms with E-state index in [9.17, 15) is 18.0 Å². The molecule has 8 nitrogen and oxygen atoms in total. The maximum absolute atomic E-state index is 12.3. The van der Waals surface area contributed by atoms with Crippen LogP contribution in [0.3, 0.4) is 0 Å². The number of benzene rings is 1. The summed E-state index contributed by atoms with van der Waals surface area (Å²) in [5.74, 6) is -0.863. The first kappa shape index (κ1) is 19.1. The van der Waals surface area contributed by atoms with Crippen LogP contribution in [-0.2, 0) is 21.4 Å². The fraction of sp³-hybridized carbons (Fsp3) is 0.176. The number of furan rings is 1. The van der Waals surface area contributed by atoms with Crippen molar-refractivity contribution < 1.29 is 22.4 Å². The summed E-state index contributed by atoms with van der Waals surface area (Å²) in [6.07, 6.45) is 0. The lowest BCUT2D eigenvalue weighted by atomic mass is 10.1. The second-order valence-electron chi connectivity index (χ2n) is 5.74. The third kappa shape index (κ3) is 4.18. The van der Waals surface area contributed by atoms with Crippen molar-refractivity contribution in [3.63, 3.8) is 0 Å². The molecule has 2 amide bonds. The minimum absolute atomic E-state index is 0.0180. The summed E-state index contributed by atoms with van der Waals surface area (Å²) < 4.78 is 30.2. The Morgan fingerprint density at radius 1 is 1.15 bits per heavy atom. The van der Waals surface area contributed by atoms with Gasteiger partial charge in [-0.25, -0.2) is 8.42 Å². The molecule has 0 bridgehead atoms. The summed E-state index contributed by atoms with van der Waals surface area (Å²) in [4.78, 5) is 26.0. The fourth-order valence-corrected chi connectivity index (χ4v) is 4.56. The molecule has 27 heavy (non-hydrogen) atoms. The van der Waals surface area contributed by atoms with Crippen molar-refractivity contribution in [3.05, 3.63) is 52.6 Å². The Balaban J connectivity index is 1.70. The zero-order chi connectivity index (χ0) is 19.6. The molecular weight excluding hydrogens is 390 g/mol. The minimum atomic E-state index is -3.94. The van der Waals surface area contributed by atoms with E-state index in [-0.39, 0.29) is 22.4 Å². The van der Waals surface area contributed by atoms with Gasteiger partial charge in [-0.1, -0.05) is 18.2 Å². The summed E-state index contributed by atoms with van der Waals surface area (Å²) in [6.45, 7) is 3.34. The average Bonchev–Trinajstić information content (AvgIpc) is 3.24. The molecular formula is C17H17N3O5S2. The number of carbonyl (C=O) groups excluding carboxylic acids is 2. The van der Waals surface area contributed by atoms with Crippen LogP contribution in [0.25, 0.3) is 11.0 Å². The Kier molecular flexibility index (Phi) is 5.31. The van der Waals surface area contributed by atoms with Gasteiger partial charge in [0.2, 0.25) is 5.91 Å². The SMILES string of the molecule is CC(=O)NCc1ccc(S(=O)(=O)NNC(=O)c2oc3ccccc3c2C)s1. The van der Waals surface area contributed by atoms with Crippen molar-refractivity contribution in [1.29, 1.82) is 0 Å². The van der Waals surface area contributed by atoms with Crippen LogP contribution < -0.4 is 15.6 Å². The number of thiophene rings is 1. The van der Waals surface area contributed by atoms with Crippen molar-refractivity contribution in [2.45, 2.75) is 24.6 Å². The van der Waals surface area contributed by atoms with E-state index in [0.717, 1.165) is 16.7 Å². The first-order valence-electron chi connectivity index (χ1n) is 7.91. The highest BCUT2D eigenvalue weighted by Crippen LogP contribution is 2.25. The largest absolute Gasteiger partial charge is 0.451 e. The smallest absolute Gasteiger partial charge is 0.302 e. The van der Waals surface area contributed by atoms with Gasteiger partial charge in [0.05, 0.1) is 6.54 Å². The Labute approximate surface area is 159 Å². The molecule has 142 valence electrons. The van der Waals surface area contributed by atoms with Crippen LogP contribution in [-0.4, -0.2) is 20.2 Å². The van der Waals surface area contributed by atoms with E-state index in [0.29, 0.717) is 16.0 Å². The quantitative estimate of drug-likeness (QED) is 0.541. The number of para-hydroxylation sites is 1. The minimum Gasteiger partial charge on any atom is -0.451 e. The maximum Gasteiger partial charge on any atom is 0.302 e. The Hall–Kier alpha value is -2.69.